The van der Waals surface area contributed by atoms with Crippen LogP contribution >= 0.6 is 11.8 Å². The van der Waals surface area contributed by atoms with E-state index >= 15 is 0 Å². The van der Waals surface area contributed by atoms with Crippen LogP contribution in [0.25, 0.3) is 0 Å². The van der Waals surface area contributed by atoms with Gasteiger partial charge in [-0.1, -0.05) is 5.92 Å². The number of hydrogen-bond donors (Lipinski definition) is 1. The number of nitrogens with two attached hydrogens (primary N) is 1. The molecule has 0 spiro atoms. The van der Waals surface area contributed by atoms with Crippen molar-refractivity contribution in [2.75, 3.05) is 6.26 Å². The molecule has 0 amide bonds. The van der Waals surface area contributed by atoms with Crippen LogP contribution in [0.4, 0.5) is 0 Å². The molecule has 0 bridgehead atoms. The van der Waals surface area contributed by atoms with Gasteiger partial charge in [0.05, 0.1) is 6.04 Å². The normalized spacial score (nSPS) is 14.6. The molecule has 1 nitrogen and oxygen atoms in total. The average molecular weight is 143 g/mol. The summed E-state index contributed by atoms with van der Waals surface area (Å²) in [4.78, 5) is 0. The van der Waals surface area contributed by atoms with Crippen molar-refractivity contribution >= 4 is 11.8 Å². The fourth-order valence-corrected chi connectivity index (χ4v) is 0.650. The van der Waals surface area contributed by atoms with Crippen molar-refractivity contribution in [1.82, 2.24) is 0 Å². The predicted molar refractivity (Wildman–Crippen MR) is 44.4 cm³/mol. The first-order chi connectivity index (χ1) is 4.04. The first kappa shape index (κ1) is 8.87. The molecule has 52 valence electrons. The summed E-state index contributed by atoms with van der Waals surface area (Å²) >= 11 is 1.69. The molecule has 0 aromatic heterocycles. The first-order valence-corrected chi connectivity index (χ1v) is 4.04. The SMILES string of the molecule is C#CC(N)C(C)(C)SC. The topological polar surface area (TPSA) is 26.0 Å². The van der Waals surface area contributed by atoms with E-state index in [1.54, 1.807) is 11.8 Å². The van der Waals surface area contributed by atoms with E-state index in [0.29, 0.717) is 0 Å². The zero-order valence-corrected chi connectivity index (χ0v) is 6.96. The molecule has 0 rings (SSSR count). The highest BCUT2D eigenvalue weighted by Crippen LogP contribution is 2.23. The van der Waals surface area contributed by atoms with Gasteiger partial charge in [-0.25, -0.2) is 0 Å². The summed E-state index contributed by atoms with van der Waals surface area (Å²) in [6, 6.07) is -0.146. The highest BCUT2D eigenvalue weighted by atomic mass is 32.2. The Kier molecular flexibility index (Phi) is 3.10. The number of hydrogen-bond acceptors (Lipinski definition) is 2. The number of thioether (sulfide) groups is 1. The van der Waals surface area contributed by atoms with Crippen LogP contribution in [0.3, 0.4) is 0 Å². The van der Waals surface area contributed by atoms with Gasteiger partial charge in [-0.2, -0.15) is 11.8 Å². The van der Waals surface area contributed by atoms with Gasteiger partial charge < -0.3 is 5.73 Å². The first-order valence-electron chi connectivity index (χ1n) is 2.81. The van der Waals surface area contributed by atoms with E-state index in [9.17, 15) is 0 Å². The van der Waals surface area contributed by atoms with E-state index in [0.717, 1.165) is 0 Å². The summed E-state index contributed by atoms with van der Waals surface area (Å²) in [7, 11) is 0. The van der Waals surface area contributed by atoms with Gasteiger partial charge in [-0.05, 0) is 20.1 Å². The Morgan fingerprint density at radius 3 is 2.22 bits per heavy atom. The van der Waals surface area contributed by atoms with Gasteiger partial charge in [0, 0.05) is 4.75 Å². The van der Waals surface area contributed by atoms with Gasteiger partial charge in [0.15, 0.2) is 0 Å². The second-order valence-electron chi connectivity index (χ2n) is 2.45. The molecule has 0 saturated carbocycles. The molecule has 0 aliphatic heterocycles. The highest BCUT2D eigenvalue weighted by Gasteiger charge is 2.22. The van der Waals surface area contributed by atoms with E-state index in [2.05, 4.69) is 5.92 Å². The Bertz CT molecular complexity index is 123. The third kappa shape index (κ3) is 2.30. The van der Waals surface area contributed by atoms with Crippen molar-refractivity contribution < 1.29 is 0 Å². The van der Waals surface area contributed by atoms with Crippen molar-refractivity contribution in [2.45, 2.75) is 24.6 Å². The lowest BCUT2D eigenvalue weighted by Gasteiger charge is -2.25. The standard InChI is InChI=1S/C7H13NS/c1-5-6(8)7(2,3)9-4/h1,6H,8H2,2-4H3. The minimum Gasteiger partial charge on any atom is -0.317 e. The zero-order valence-electron chi connectivity index (χ0n) is 6.14. The summed E-state index contributed by atoms with van der Waals surface area (Å²) in [5.74, 6) is 2.51. The summed E-state index contributed by atoms with van der Waals surface area (Å²) in [6.07, 6.45) is 7.16. The van der Waals surface area contributed by atoms with Crippen LogP contribution in [-0.2, 0) is 0 Å². The summed E-state index contributed by atoms with van der Waals surface area (Å²) in [5.41, 5.74) is 5.60. The average Bonchev–Trinajstić information content (AvgIpc) is 1.86. The number of rotatable bonds is 2. The maximum atomic E-state index is 5.60. The Morgan fingerprint density at radius 1 is 1.67 bits per heavy atom. The van der Waals surface area contributed by atoms with Gasteiger partial charge in [0.25, 0.3) is 0 Å². The van der Waals surface area contributed by atoms with Crippen molar-refractivity contribution in [1.29, 1.82) is 0 Å². The molecule has 1 unspecified atom stereocenters. The van der Waals surface area contributed by atoms with Gasteiger partial charge >= 0.3 is 0 Å². The predicted octanol–water partition coefficient (Wildman–Crippen LogP) is 1.09. The van der Waals surface area contributed by atoms with Crippen LogP contribution in [0, 0.1) is 12.3 Å². The number of terminal acetylenes is 1. The van der Waals surface area contributed by atoms with Crippen LogP contribution < -0.4 is 5.73 Å². The monoisotopic (exact) mass is 143 g/mol. The largest absolute Gasteiger partial charge is 0.317 e. The molecule has 9 heavy (non-hydrogen) atoms. The Hall–Kier alpha value is -0.130. The van der Waals surface area contributed by atoms with Gasteiger partial charge in [-0.3, -0.25) is 0 Å². The second-order valence-corrected chi connectivity index (χ2v) is 3.91. The molecule has 2 heteroatoms. The lowest BCUT2D eigenvalue weighted by molar-refractivity contribution is 0.641. The van der Waals surface area contributed by atoms with Crippen molar-refractivity contribution in [3.8, 4) is 12.3 Å². The van der Waals surface area contributed by atoms with E-state index in [1.807, 2.05) is 20.1 Å². The van der Waals surface area contributed by atoms with Crippen LogP contribution in [0.15, 0.2) is 0 Å². The van der Waals surface area contributed by atoms with Crippen molar-refractivity contribution in [3.05, 3.63) is 0 Å². The zero-order chi connectivity index (χ0) is 7.49. The summed E-state index contributed by atoms with van der Waals surface area (Å²) in [5, 5.41) is 0. The fourth-order valence-electron chi connectivity index (χ4n) is 0.328. The van der Waals surface area contributed by atoms with Crippen molar-refractivity contribution in [3.63, 3.8) is 0 Å². The van der Waals surface area contributed by atoms with E-state index < -0.39 is 0 Å². The molecule has 0 heterocycles. The lowest BCUT2D eigenvalue weighted by atomic mass is 10.1. The maximum absolute atomic E-state index is 5.60. The van der Waals surface area contributed by atoms with Crippen LogP contribution in [0.1, 0.15) is 13.8 Å². The lowest BCUT2D eigenvalue weighted by Crippen LogP contribution is -2.38. The molecule has 0 aromatic rings. The molecule has 0 radical (unpaired) electrons. The summed E-state index contributed by atoms with van der Waals surface area (Å²) < 4.78 is 0.00868. The van der Waals surface area contributed by atoms with Gasteiger partial charge in [0.1, 0.15) is 0 Å². The molecule has 0 aliphatic rings. The van der Waals surface area contributed by atoms with Crippen LogP contribution in [0.5, 0.6) is 0 Å². The molecule has 1 atom stereocenters. The minimum absolute atomic E-state index is 0.00868. The molecule has 0 saturated heterocycles. The van der Waals surface area contributed by atoms with E-state index in [1.165, 1.54) is 0 Å². The minimum atomic E-state index is -0.146. The second kappa shape index (κ2) is 3.14. The fraction of sp³-hybridized carbons (Fsp3) is 0.714. The highest BCUT2D eigenvalue weighted by molar-refractivity contribution is 8.00. The molecular formula is C7H13NS. The molecule has 2 N–H and O–H groups in total. The molecule has 0 fully saturated rings. The quantitative estimate of drug-likeness (QED) is 0.586. The Morgan fingerprint density at radius 2 is 2.11 bits per heavy atom. The molecule has 0 aliphatic carbocycles. The Labute approximate surface area is 61.4 Å². The smallest absolute Gasteiger partial charge is 0.0805 e. The third-order valence-electron chi connectivity index (χ3n) is 1.45. The maximum Gasteiger partial charge on any atom is 0.0805 e. The van der Waals surface area contributed by atoms with E-state index in [-0.39, 0.29) is 10.8 Å². The van der Waals surface area contributed by atoms with Gasteiger partial charge in [-0.15, -0.1) is 6.42 Å². The molecular weight excluding hydrogens is 130 g/mol. The summed E-state index contributed by atoms with van der Waals surface area (Å²) in [6.45, 7) is 4.09. The van der Waals surface area contributed by atoms with E-state index in [4.69, 9.17) is 12.2 Å². The van der Waals surface area contributed by atoms with Crippen molar-refractivity contribution in [2.24, 2.45) is 5.73 Å². The van der Waals surface area contributed by atoms with Gasteiger partial charge in [0.2, 0.25) is 0 Å². The van der Waals surface area contributed by atoms with Crippen LogP contribution in [0.2, 0.25) is 0 Å². The molecule has 0 aromatic carbocycles. The van der Waals surface area contributed by atoms with Crippen LogP contribution in [-0.4, -0.2) is 17.0 Å². The Balaban J connectivity index is 4.01. The third-order valence-corrected chi connectivity index (χ3v) is 2.76.